The molecule has 1 fully saturated rings. The number of aryl methyl sites for hydroxylation is 1. The summed E-state index contributed by atoms with van der Waals surface area (Å²) >= 11 is 0. The van der Waals surface area contributed by atoms with Gasteiger partial charge in [-0.15, -0.1) is 24.0 Å². The van der Waals surface area contributed by atoms with Crippen LogP contribution in [0, 0.1) is 0 Å². The number of carbonyl (C=O) groups is 1. The number of halogens is 1. The van der Waals surface area contributed by atoms with Crippen LogP contribution in [-0.2, 0) is 13.0 Å². The van der Waals surface area contributed by atoms with Crippen molar-refractivity contribution in [2.24, 2.45) is 4.99 Å². The van der Waals surface area contributed by atoms with Crippen LogP contribution in [0.2, 0.25) is 0 Å². The van der Waals surface area contributed by atoms with Crippen LogP contribution in [0.1, 0.15) is 28.9 Å². The van der Waals surface area contributed by atoms with Crippen LogP contribution in [-0.4, -0.2) is 60.0 Å². The quantitative estimate of drug-likeness (QED) is 0.415. The van der Waals surface area contributed by atoms with E-state index in [1.165, 1.54) is 6.26 Å². The number of nitrogens with one attached hydrogen (secondary N) is 1. The molecule has 1 amide bonds. The van der Waals surface area contributed by atoms with E-state index in [4.69, 9.17) is 8.94 Å². The lowest BCUT2D eigenvalue weighted by Crippen LogP contribution is -2.53. The van der Waals surface area contributed by atoms with E-state index in [2.05, 4.69) is 20.4 Å². The second kappa shape index (κ2) is 9.60. The summed E-state index contributed by atoms with van der Waals surface area (Å²) in [7, 11) is 1.75. The van der Waals surface area contributed by atoms with Crippen LogP contribution >= 0.6 is 24.0 Å². The zero-order chi connectivity index (χ0) is 17.6. The van der Waals surface area contributed by atoms with Gasteiger partial charge in [-0.25, -0.2) is 0 Å². The van der Waals surface area contributed by atoms with Gasteiger partial charge in [0, 0.05) is 39.3 Å². The first-order valence-electron chi connectivity index (χ1n) is 8.44. The van der Waals surface area contributed by atoms with Crippen molar-refractivity contribution in [1.82, 2.24) is 20.3 Å². The summed E-state index contributed by atoms with van der Waals surface area (Å²) < 4.78 is 10.5. The van der Waals surface area contributed by atoms with Crippen molar-refractivity contribution in [2.75, 3.05) is 33.2 Å². The maximum atomic E-state index is 12.3. The van der Waals surface area contributed by atoms with Crippen molar-refractivity contribution in [3.8, 4) is 0 Å². The zero-order valence-electron chi connectivity index (χ0n) is 15.0. The van der Waals surface area contributed by atoms with Crippen molar-refractivity contribution in [3.05, 3.63) is 41.7 Å². The Balaban J connectivity index is 0.00000243. The molecule has 2 aromatic heterocycles. The Labute approximate surface area is 169 Å². The van der Waals surface area contributed by atoms with E-state index >= 15 is 0 Å². The van der Waals surface area contributed by atoms with E-state index in [1.54, 1.807) is 24.1 Å². The number of hydrogen-bond donors (Lipinski definition) is 1. The second-order valence-corrected chi connectivity index (χ2v) is 5.80. The van der Waals surface area contributed by atoms with Gasteiger partial charge in [0.25, 0.3) is 5.91 Å². The molecule has 0 saturated carbocycles. The van der Waals surface area contributed by atoms with Gasteiger partial charge < -0.3 is 24.1 Å². The van der Waals surface area contributed by atoms with Crippen LogP contribution in [0.25, 0.3) is 0 Å². The van der Waals surface area contributed by atoms with E-state index in [0.29, 0.717) is 38.5 Å². The average molecular weight is 473 g/mol. The summed E-state index contributed by atoms with van der Waals surface area (Å²) in [6, 6.07) is 5.36. The first-order valence-corrected chi connectivity index (χ1v) is 8.44. The number of amides is 1. The summed E-state index contributed by atoms with van der Waals surface area (Å²) in [5, 5.41) is 7.27. The lowest BCUT2D eigenvalue weighted by molar-refractivity contribution is 0.0657. The maximum absolute atomic E-state index is 12.3. The van der Waals surface area contributed by atoms with E-state index in [-0.39, 0.29) is 29.9 Å². The van der Waals surface area contributed by atoms with Gasteiger partial charge in [-0.2, -0.15) is 0 Å². The van der Waals surface area contributed by atoms with Crippen molar-refractivity contribution in [2.45, 2.75) is 19.9 Å². The molecule has 0 aliphatic carbocycles. The highest BCUT2D eigenvalue weighted by Gasteiger charge is 2.25. The first-order chi connectivity index (χ1) is 12.2. The standard InChI is InChI=1S/C17H23N5O3.HI/c1-3-13-11-14(25-20-13)12-19-17(18-2)22-8-6-21(7-9-22)16(23)15-5-4-10-24-15;/h4-5,10-11H,3,6-9,12H2,1-2H3,(H,18,19);1H. The predicted molar refractivity (Wildman–Crippen MR) is 108 cm³/mol. The predicted octanol–water partition coefficient (Wildman–Crippen LogP) is 1.98. The van der Waals surface area contributed by atoms with Crippen molar-refractivity contribution >= 4 is 35.8 Å². The van der Waals surface area contributed by atoms with Gasteiger partial charge >= 0.3 is 0 Å². The Morgan fingerprint density at radius 1 is 1.31 bits per heavy atom. The molecule has 1 aliphatic heterocycles. The normalized spacial score (nSPS) is 14.9. The third-order valence-corrected chi connectivity index (χ3v) is 4.20. The molecule has 2 aromatic rings. The smallest absolute Gasteiger partial charge is 0.289 e. The second-order valence-electron chi connectivity index (χ2n) is 5.80. The van der Waals surface area contributed by atoms with Crippen LogP contribution in [0.15, 0.2) is 38.4 Å². The van der Waals surface area contributed by atoms with Crippen molar-refractivity contribution in [1.29, 1.82) is 0 Å². The molecule has 1 saturated heterocycles. The van der Waals surface area contributed by atoms with Crippen LogP contribution in [0.4, 0.5) is 0 Å². The molecule has 0 atom stereocenters. The minimum atomic E-state index is -0.0682. The molecule has 0 radical (unpaired) electrons. The maximum Gasteiger partial charge on any atom is 0.289 e. The molecule has 26 heavy (non-hydrogen) atoms. The molecular formula is C17H24IN5O3. The average Bonchev–Trinajstić information content (AvgIpc) is 3.34. The Kier molecular flexibility index (Phi) is 7.49. The number of aliphatic imine (C=N–C) groups is 1. The molecule has 3 heterocycles. The van der Waals surface area contributed by atoms with Crippen LogP contribution < -0.4 is 5.32 Å². The van der Waals surface area contributed by atoms with Gasteiger partial charge in [0.15, 0.2) is 17.5 Å². The topological polar surface area (TPSA) is 87.1 Å². The third-order valence-electron chi connectivity index (χ3n) is 4.20. The van der Waals surface area contributed by atoms with Gasteiger partial charge in [0.05, 0.1) is 18.5 Å². The summed E-state index contributed by atoms with van der Waals surface area (Å²) in [6.45, 7) is 5.25. The Morgan fingerprint density at radius 3 is 2.62 bits per heavy atom. The molecule has 3 rings (SSSR count). The minimum absolute atomic E-state index is 0. The number of rotatable bonds is 4. The highest BCUT2D eigenvalue weighted by atomic mass is 127. The fraction of sp³-hybridized carbons (Fsp3) is 0.471. The Morgan fingerprint density at radius 2 is 2.04 bits per heavy atom. The van der Waals surface area contributed by atoms with E-state index in [1.807, 2.05) is 13.0 Å². The van der Waals surface area contributed by atoms with Crippen LogP contribution in [0.5, 0.6) is 0 Å². The SMILES string of the molecule is CCc1cc(CNC(=NC)N2CCN(C(=O)c3ccco3)CC2)on1.I. The lowest BCUT2D eigenvalue weighted by Gasteiger charge is -2.36. The van der Waals surface area contributed by atoms with Gasteiger partial charge in [0.1, 0.15) is 0 Å². The number of nitrogens with zero attached hydrogens (tertiary/aromatic N) is 4. The fourth-order valence-electron chi connectivity index (χ4n) is 2.78. The zero-order valence-corrected chi connectivity index (χ0v) is 17.3. The highest BCUT2D eigenvalue weighted by molar-refractivity contribution is 14.0. The molecule has 142 valence electrons. The third kappa shape index (κ3) is 4.77. The number of guanidine groups is 1. The Bertz CT molecular complexity index is 721. The molecule has 0 unspecified atom stereocenters. The molecule has 1 N–H and O–H groups in total. The van der Waals surface area contributed by atoms with Gasteiger partial charge in [-0.1, -0.05) is 12.1 Å². The van der Waals surface area contributed by atoms with E-state index in [9.17, 15) is 4.79 Å². The first kappa shape index (κ1) is 20.3. The highest BCUT2D eigenvalue weighted by Crippen LogP contribution is 2.10. The molecule has 1 aliphatic rings. The molecule has 0 aromatic carbocycles. The fourth-order valence-corrected chi connectivity index (χ4v) is 2.78. The van der Waals surface area contributed by atoms with E-state index < -0.39 is 0 Å². The summed E-state index contributed by atoms with van der Waals surface area (Å²) in [5.41, 5.74) is 0.942. The minimum Gasteiger partial charge on any atom is -0.459 e. The van der Waals surface area contributed by atoms with Gasteiger partial charge in [-0.3, -0.25) is 9.79 Å². The number of hydrogen-bond acceptors (Lipinski definition) is 5. The number of piperazine rings is 1. The molecule has 0 bridgehead atoms. The van der Waals surface area contributed by atoms with E-state index in [0.717, 1.165) is 23.8 Å². The number of furan rings is 1. The summed E-state index contributed by atoms with van der Waals surface area (Å²) in [5.74, 6) is 1.89. The molecule has 0 spiro atoms. The van der Waals surface area contributed by atoms with Gasteiger partial charge in [0.2, 0.25) is 0 Å². The lowest BCUT2D eigenvalue weighted by atomic mass is 10.3. The summed E-state index contributed by atoms with van der Waals surface area (Å²) in [6.07, 6.45) is 2.37. The number of aromatic nitrogens is 1. The monoisotopic (exact) mass is 473 g/mol. The van der Waals surface area contributed by atoms with Crippen molar-refractivity contribution < 1.29 is 13.7 Å². The molecule has 8 nitrogen and oxygen atoms in total. The summed E-state index contributed by atoms with van der Waals surface area (Å²) in [4.78, 5) is 20.5. The number of carbonyl (C=O) groups excluding carboxylic acids is 1. The van der Waals surface area contributed by atoms with Crippen LogP contribution in [0.3, 0.4) is 0 Å². The van der Waals surface area contributed by atoms with Crippen molar-refractivity contribution in [3.63, 3.8) is 0 Å². The Hall–Kier alpha value is -2.04. The molecule has 9 heteroatoms. The molecular weight excluding hydrogens is 449 g/mol. The largest absolute Gasteiger partial charge is 0.459 e. The van der Waals surface area contributed by atoms with Gasteiger partial charge in [-0.05, 0) is 18.6 Å².